The molecule has 1 fully saturated rings. The lowest BCUT2D eigenvalue weighted by molar-refractivity contribution is 0.0225. The van der Waals surface area contributed by atoms with Crippen molar-refractivity contribution in [2.45, 2.75) is 26.4 Å². The fourth-order valence-corrected chi connectivity index (χ4v) is 1.76. The van der Waals surface area contributed by atoms with Crippen LogP contribution in [0, 0.1) is 6.92 Å². The standard InChI is InChI=1S/C10H17N3O/c1-3-8-7(2)12-10(13-8)9-6-11-4-5-14-9/h9,11H,3-6H2,1-2H3,(H,12,13). The molecule has 14 heavy (non-hydrogen) atoms. The number of aromatic amines is 1. The molecule has 1 saturated heterocycles. The fourth-order valence-electron chi connectivity index (χ4n) is 1.76. The van der Waals surface area contributed by atoms with Crippen LogP contribution in [-0.4, -0.2) is 29.7 Å². The number of hydrogen-bond donors (Lipinski definition) is 2. The summed E-state index contributed by atoms with van der Waals surface area (Å²) in [5.41, 5.74) is 2.31. The predicted molar refractivity (Wildman–Crippen MR) is 54.3 cm³/mol. The largest absolute Gasteiger partial charge is 0.368 e. The van der Waals surface area contributed by atoms with Gasteiger partial charge in [-0.3, -0.25) is 0 Å². The van der Waals surface area contributed by atoms with Crippen molar-refractivity contribution in [3.63, 3.8) is 0 Å². The summed E-state index contributed by atoms with van der Waals surface area (Å²) < 4.78 is 5.62. The van der Waals surface area contributed by atoms with Gasteiger partial charge < -0.3 is 15.0 Å². The number of aryl methyl sites for hydroxylation is 2. The summed E-state index contributed by atoms with van der Waals surface area (Å²) >= 11 is 0. The van der Waals surface area contributed by atoms with Gasteiger partial charge in [0, 0.05) is 18.8 Å². The van der Waals surface area contributed by atoms with E-state index in [4.69, 9.17) is 4.74 Å². The van der Waals surface area contributed by atoms with Crippen LogP contribution >= 0.6 is 0 Å². The summed E-state index contributed by atoms with van der Waals surface area (Å²) in [7, 11) is 0. The number of nitrogens with one attached hydrogen (secondary N) is 2. The smallest absolute Gasteiger partial charge is 0.137 e. The Labute approximate surface area is 84.1 Å². The van der Waals surface area contributed by atoms with Gasteiger partial charge in [-0.05, 0) is 13.3 Å². The molecule has 1 unspecified atom stereocenters. The summed E-state index contributed by atoms with van der Waals surface area (Å²) in [6, 6.07) is 0. The van der Waals surface area contributed by atoms with Crippen LogP contribution in [0.3, 0.4) is 0 Å². The maximum atomic E-state index is 5.62. The van der Waals surface area contributed by atoms with Crippen molar-refractivity contribution in [2.24, 2.45) is 0 Å². The quantitative estimate of drug-likeness (QED) is 0.738. The second-order valence-electron chi connectivity index (χ2n) is 3.61. The minimum atomic E-state index is 0.0998. The molecule has 78 valence electrons. The second-order valence-corrected chi connectivity index (χ2v) is 3.61. The van der Waals surface area contributed by atoms with Gasteiger partial charge >= 0.3 is 0 Å². The van der Waals surface area contributed by atoms with Crippen molar-refractivity contribution >= 4 is 0 Å². The zero-order chi connectivity index (χ0) is 9.97. The van der Waals surface area contributed by atoms with Crippen LogP contribution in [-0.2, 0) is 11.2 Å². The lowest BCUT2D eigenvalue weighted by atomic mass is 10.3. The lowest BCUT2D eigenvalue weighted by Crippen LogP contribution is -2.33. The van der Waals surface area contributed by atoms with Gasteiger partial charge in [-0.2, -0.15) is 0 Å². The van der Waals surface area contributed by atoms with Crippen LogP contribution in [0.4, 0.5) is 0 Å². The number of H-pyrrole nitrogens is 1. The minimum absolute atomic E-state index is 0.0998. The van der Waals surface area contributed by atoms with Crippen molar-refractivity contribution in [2.75, 3.05) is 19.7 Å². The van der Waals surface area contributed by atoms with E-state index < -0.39 is 0 Å². The number of nitrogens with zero attached hydrogens (tertiary/aromatic N) is 1. The van der Waals surface area contributed by atoms with Gasteiger partial charge in [0.1, 0.15) is 11.9 Å². The third kappa shape index (κ3) is 1.81. The number of aromatic nitrogens is 2. The van der Waals surface area contributed by atoms with E-state index in [0.29, 0.717) is 0 Å². The van der Waals surface area contributed by atoms with E-state index in [1.807, 2.05) is 0 Å². The third-order valence-electron chi connectivity index (χ3n) is 2.57. The first kappa shape index (κ1) is 9.68. The normalized spacial score (nSPS) is 22.6. The van der Waals surface area contributed by atoms with Gasteiger partial charge in [-0.25, -0.2) is 4.98 Å². The molecule has 0 amide bonds. The summed E-state index contributed by atoms with van der Waals surface area (Å²) in [6.07, 6.45) is 1.07. The maximum absolute atomic E-state index is 5.62. The Morgan fingerprint density at radius 2 is 2.43 bits per heavy atom. The van der Waals surface area contributed by atoms with E-state index >= 15 is 0 Å². The van der Waals surface area contributed by atoms with E-state index in [2.05, 4.69) is 29.1 Å². The molecular weight excluding hydrogens is 178 g/mol. The van der Waals surface area contributed by atoms with Gasteiger partial charge in [0.15, 0.2) is 0 Å². The fraction of sp³-hybridized carbons (Fsp3) is 0.700. The highest BCUT2D eigenvalue weighted by Crippen LogP contribution is 2.17. The first-order valence-corrected chi connectivity index (χ1v) is 5.19. The van der Waals surface area contributed by atoms with E-state index in [9.17, 15) is 0 Å². The molecule has 2 N–H and O–H groups in total. The van der Waals surface area contributed by atoms with Crippen molar-refractivity contribution in [1.29, 1.82) is 0 Å². The first-order chi connectivity index (χ1) is 6.81. The molecule has 4 nitrogen and oxygen atoms in total. The molecule has 0 aliphatic carbocycles. The highest BCUT2D eigenvalue weighted by Gasteiger charge is 2.19. The van der Waals surface area contributed by atoms with Crippen LogP contribution in [0.15, 0.2) is 0 Å². The molecule has 1 aliphatic heterocycles. The van der Waals surface area contributed by atoms with E-state index in [0.717, 1.165) is 43.3 Å². The average Bonchev–Trinajstić information content (AvgIpc) is 2.61. The molecule has 1 aromatic rings. The Morgan fingerprint density at radius 1 is 1.57 bits per heavy atom. The van der Waals surface area contributed by atoms with Crippen molar-refractivity contribution in [3.05, 3.63) is 17.2 Å². The van der Waals surface area contributed by atoms with Crippen LogP contribution < -0.4 is 5.32 Å². The van der Waals surface area contributed by atoms with Crippen molar-refractivity contribution in [1.82, 2.24) is 15.3 Å². The molecule has 1 aliphatic rings. The molecule has 0 aromatic carbocycles. The maximum Gasteiger partial charge on any atom is 0.137 e. The van der Waals surface area contributed by atoms with Gasteiger partial charge in [0.2, 0.25) is 0 Å². The number of imidazole rings is 1. The van der Waals surface area contributed by atoms with Crippen LogP contribution in [0.1, 0.15) is 30.2 Å². The summed E-state index contributed by atoms with van der Waals surface area (Å²) in [6.45, 7) is 6.75. The summed E-state index contributed by atoms with van der Waals surface area (Å²) in [4.78, 5) is 7.82. The van der Waals surface area contributed by atoms with Gasteiger partial charge in [-0.1, -0.05) is 6.92 Å². The lowest BCUT2D eigenvalue weighted by Gasteiger charge is -2.21. The Kier molecular flexibility index (Phi) is 2.84. The van der Waals surface area contributed by atoms with Gasteiger partial charge in [0.25, 0.3) is 0 Å². The third-order valence-corrected chi connectivity index (χ3v) is 2.57. The highest BCUT2D eigenvalue weighted by atomic mass is 16.5. The number of hydrogen-bond acceptors (Lipinski definition) is 3. The molecule has 0 saturated carbocycles. The van der Waals surface area contributed by atoms with E-state index in [1.165, 1.54) is 0 Å². The SMILES string of the molecule is CCc1nc(C2CNCCO2)[nH]c1C. The molecule has 0 bridgehead atoms. The second kappa shape index (κ2) is 4.11. The molecule has 2 rings (SSSR count). The van der Waals surface area contributed by atoms with Crippen molar-refractivity contribution < 1.29 is 4.74 Å². The first-order valence-electron chi connectivity index (χ1n) is 5.19. The molecular formula is C10H17N3O. The van der Waals surface area contributed by atoms with Crippen LogP contribution in [0.25, 0.3) is 0 Å². The number of ether oxygens (including phenoxy) is 1. The summed E-state index contributed by atoms with van der Waals surface area (Å²) in [5.74, 6) is 0.964. The van der Waals surface area contributed by atoms with Gasteiger partial charge in [0.05, 0.1) is 12.3 Å². The van der Waals surface area contributed by atoms with E-state index in [-0.39, 0.29) is 6.10 Å². The predicted octanol–water partition coefficient (Wildman–Crippen LogP) is 0.941. The molecule has 0 spiro atoms. The monoisotopic (exact) mass is 195 g/mol. The molecule has 1 aromatic heterocycles. The highest BCUT2D eigenvalue weighted by molar-refractivity contribution is 5.14. The van der Waals surface area contributed by atoms with Gasteiger partial charge in [-0.15, -0.1) is 0 Å². The molecule has 1 atom stereocenters. The average molecular weight is 195 g/mol. The van der Waals surface area contributed by atoms with Crippen LogP contribution in [0.2, 0.25) is 0 Å². The topological polar surface area (TPSA) is 49.9 Å². The Morgan fingerprint density at radius 3 is 3.00 bits per heavy atom. The number of rotatable bonds is 2. The van der Waals surface area contributed by atoms with Crippen molar-refractivity contribution in [3.8, 4) is 0 Å². The zero-order valence-corrected chi connectivity index (χ0v) is 8.76. The molecule has 2 heterocycles. The Balaban J connectivity index is 2.14. The molecule has 0 radical (unpaired) electrons. The zero-order valence-electron chi connectivity index (χ0n) is 8.76. The van der Waals surface area contributed by atoms with Crippen LogP contribution in [0.5, 0.6) is 0 Å². The minimum Gasteiger partial charge on any atom is -0.368 e. The summed E-state index contributed by atoms with van der Waals surface area (Å²) in [5, 5.41) is 3.30. The van der Waals surface area contributed by atoms with E-state index in [1.54, 1.807) is 0 Å². The number of morpholine rings is 1. The Hall–Kier alpha value is -0.870. The molecule has 4 heteroatoms. The Bertz CT molecular complexity index is 302.